The molecule has 20 heavy (non-hydrogen) atoms. The fourth-order valence-electron chi connectivity index (χ4n) is 1.50. The quantitative estimate of drug-likeness (QED) is 0.623. The number of hydrogen-bond donors (Lipinski definition) is 0. The van der Waals surface area contributed by atoms with Crippen molar-refractivity contribution in [2.45, 2.75) is 10.8 Å². The van der Waals surface area contributed by atoms with E-state index in [1.807, 2.05) is 24.3 Å². The number of aromatic nitrogens is 2. The lowest BCUT2D eigenvalue weighted by Crippen LogP contribution is -2.05. The van der Waals surface area contributed by atoms with Crippen LogP contribution in [0.2, 0.25) is 0 Å². The van der Waals surface area contributed by atoms with Crippen molar-refractivity contribution in [3.8, 4) is 5.75 Å². The number of hydrogen-bond acceptors (Lipinski definition) is 6. The van der Waals surface area contributed by atoms with Gasteiger partial charge in [-0.3, -0.25) is 4.98 Å². The molecule has 104 valence electrons. The minimum Gasteiger partial charge on any atom is -0.497 e. The van der Waals surface area contributed by atoms with E-state index in [1.54, 1.807) is 13.3 Å². The first-order valence-corrected chi connectivity index (χ1v) is 6.87. The Balaban J connectivity index is 2.01. The third-order valence-electron chi connectivity index (χ3n) is 2.55. The summed E-state index contributed by atoms with van der Waals surface area (Å²) >= 11 is 1.51. The van der Waals surface area contributed by atoms with Gasteiger partial charge >= 0.3 is 5.97 Å². The van der Waals surface area contributed by atoms with E-state index in [4.69, 9.17) is 4.74 Å². The minimum atomic E-state index is -0.482. The van der Waals surface area contributed by atoms with Gasteiger partial charge in [-0.1, -0.05) is 12.1 Å². The Morgan fingerprint density at radius 2 is 1.95 bits per heavy atom. The van der Waals surface area contributed by atoms with Crippen molar-refractivity contribution in [2.24, 2.45) is 0 Å². The van der Waals surface area contributed by atoms with Gasteiger partial charge in [0, 0.05) is 5.75 Å². The number of benzene rings is 1. The topological polar surface area (TPSA) is 61.3 Å². The molecule has 0 saturated heterocycles. The van der Waals surface area contributed by atoms with Gasteiger partial charge in [0.05, 0.1) is 26.6 Å². The van der Waals surface area contributed by atoms with Gasteiger partial charge in [0.15, 0.2) is 5.69 Å². The predicted octanol–water partition coefficient (Wildman–Crippen LogP) is 2.56. The van der Waals surface area contributed by atoms with E-state index in [-0.39, 0.29) is 5.69 Å². The number of carbonyl (C=O) groups is 1. The maximum absolute atomic E-state index is 11.4. The second-order valence-corrected chi connectivity index (χ2v) is 4.87. The van der Waals surface area contributed by atoms with Gasteiger partial charge in [-0.2, -0.15) is 0 Å². The lowest BCUT2D eigenvalue weighted by molar-refractivity contribution is 0.0592. The molecule has 5 nitrogen and oxygen atoms in total. The third kappa shape index (κ3) is 3.71. The second-order valence-electron chi connectivity index (χ2n) is 3.87. The molecule has 0 bridgehead atoms. The zero-order valence-corrected chi connectivity index (χ0v) is 12.0. The van der Waals surface area contributed by atoms with Crippen LogP contribution < -0.4 is 4.74 Å². The average molecular weight is 290 g/mol. The first-order valence-electron chi connectivity index (χ1n) is 5.89. The highest BCUT2D eigenvalue weighted by atomic mass is 32.2. The number of rotatable bonds is 5. The van der Waals surface area contributed by atoms with Crippen molar-refractivity contribution in [3.63, 3.8) is 0 Å². The molecule has 0 amide bonds. The summed E-state index contributed by atoms with van der Waals surface area (Å²) in [5.41, 5.74) is 1.35. The molecule has 2 aromatic rings. The van der Waals surface area contributed by atoms with Crippen LogP contribution in [0, 0.1) is 0 Å². The van der Waals surface area contributed by atoms with Gasteiger partial charge in [-0.15, -0.1) is 11.8 Å². The number of carbonyl (C=O) groups excluding carboxylic acids is 1. The van der Waals surface area contributed by atoms with E-state index in [9.17, 15) is 4.79 Å². The number of ether oxygens (including phenoxy) is 2. The SMILES string of the molecule is COC(=O)c1cncc(SCc2ccc(OC)cc2)n1. The Hall–Kier alpha value is -2.08. The fraction of sp³-hybridized carbons (Fsp3) is 0.214. The van der Waals surface area contributed by atoms with E-state index in [0.717, 1.165) is 17.1 Å². The summed E-state index contributed by atoms with van der Waals surface area (Å²) in [5, 5.41) is 0.684. The fourth-order valence-corrected chi connectivity index (χ4v) is 2.30. The lowest BCUT2D eigenvalue weighted by atomic mass is 10.2. The molecule has 0 aliphatic carbocycles. The number of thioether (sulfide) groups is 1. The van der Waals surface area contributed by atoms with Crippen LogP contribution in [0.25, 0.3) is 0 Å². The summed E-state index contributed by atoms with van der Waals surface area (Å²) in [4.78, 5) is 19.5. The van der Waals surface area contributed by atoms with Crippen molar-refractivity contribution in [3.05, 3.63) is 47.9 Å². The summed E-state index contributed by atoms with van der Waals surface area (Å²) in [6.45, 7) is 0. The van der Waals surface area contributed by atoms with Gasteiger partial charge in [0.1, 0.15) is 10.8 Å². The van der Waals surface area contributed by atoms with Crippen LogP contribution in [0.5, 0.6) is 5.75 Å². The molecular formula is C14H14N2O3S. The highest BCUT2D eigenvalue weighted by Crippen LogP contribution is 2.22. The maximum atomic E-state index is 11.4. The van der Waals surface area contributed by atoms with Gasteiger partial charge in [0.25, 0.3) is 0 Å². The molecule has 0 N–H and O–H groups in total. The van der Waals surface area contributed by atoms with Crippen molar-refractivity contribution in [2.75, 3.05) is 14.2 Å². The van der Waals surface area contributed by atoms with Gasteiger partial charge in [-0.25, -0.2) is 9.78 Å². The molecule has 0 unspecified atom stereocenters. The average Bonchev–Trinajstić information content (AvgIpc) is 2.53. The van der Waals surface area contributed by atoms with E-state index < -0.39 is 5.97 Å². The molecule has 0 radical (unpaired) electrons. The standard InChI is InChI=1S/C14H14N2O3S/c1-18-11-5-3-10(4-6-11)9-20-13-8-15-7-12(16-13)14(17)19-2/h3-8H,9H2,1-2H3. The summed E-state index contributed by atoms with van der Waals surface area (Å²) in [6, 6.07) is 7.80. The summed E-state index contributed by atoms with van der Waals surface area (Å²) in [5.74, 6) is 1.08. The third-order valence-corrected chi connectivity index (χ3v) is 3.52. The predicted molar refractivity (Wildman–Crippen MR) is 75.9 cm³/mol. The van der Waals surface area contributed by atoms with Crippen LogP contribution in [-0.4, -0.2) is 30.2 Å². The molecule has 0 aliphatic rings. The Labute approximate surface area is 121 Å². The van der Waals surface area contributed by atoms with E-state index in [1.165, 1.54) is 25.1 Å². The minimum absolute atomic E-state index is 0.215. The molecule has 1 aromatic carbocycles. The molecule has 0 aliphatic heterocycles. The summed E-state index contributed by atoms with van der Waals surface area (Å²) < 4.78 is 9.72. The van der Waals surface area contributed by atoms with Crippen LogP contribution >= 0.6 is 11.8 Å². The highest BCUT2D eigenvalue weighted by molar-refractivity contribution is 7.98. The molecule has 0 saturated carbocycles. The van der Waals surface area contributed by atoms with E-state index >= 15 is 0 Å². The molecule has 1 heterocycles. The summed E-state index contributed by atoms with van der Waals surface area (Å²) in [7, 11) is 2.96. The molecule has 0 spiro atoms. The maximum Gasteiger partial charge on any atom is 0.358 e. The molecule has 0 fully saturated rings. The van der Waals surface area contributed by atoms with Crippen LogP contribution in [0.3, 0.4) is 0 Å². The van der Waals surface area contributed by atoms with Gasteiger partial charge in [-0.05, 0) is 17.7 Å². The van der Waals surface area contributed by atoms with Crippen LogP contribution in [0.15, 0.2) is 41.7 Å². The normalized spacial score (nSPS) is 10.1. The number of methoxy groups -OCH3 is 2. The monoisotopic (exact) mass is 290 g/mol. The zero-order chi connectivity index (χ0) is 14.4. The van der Waals surface area contributed by atoms with Crippen LogP contribution in [0.1, 0.15) is 16.1 Å². The lowest BCUT2D eigenvalue weighted by Gasteiger charge is -2.04. The summed E-state index contributed by atoms with van der Waals surface area (Å²) in [6.07, 6.45) is 3.02. The molecule has 6 heteroatoms. The van der Waals surface area contributed by atoms with Crippen molar-refractivity contribution >= 4 is 17.7 Å². The van der Waals surface area contributed by atoms with E-state index in [0.29, 0.717) is 5.03 Å². The largest absolute Gasteiger partial charge is 0.497 e. The van der Waals surface area contributed by atoms with Crippen molar-refractivity contribution in [1.82, 2.24) is 9.97 Å². The van der Waals surface area contributed by atoms with Gasteiger partial charge < -0.3 is 9.47 Å². The van der Waals surface area contributed by atoms with Crippen LogP contribution in [0.4, 0.5) is 0 Å². The Kier molecular flexibility index (Phi) is 4.95. The smallest absolute Gasteiger partial charge is 0.358 e. The molecule has 1 aromatic heterocycles. The molecule has 0 atom stereocenters. The first-order chi connectivity index (χ1) is 9.72. The van der Waals surface area contributed by atoms with E-state index in [2.05, 4.69) is 14.7 Å². The Bertz CT molecular complexity index is 587. The highest BCUT2D eigenvalue weighted by Gasteiger charge is 2.08. The number of nitrogens with zero attached hydrogens (tertiary/aromatic N) is 2. The zero-order valence-electron chi connectivity index (χ0n) is 11.2. The Morgan fingerprint density at radius 3 is 2.60 bits per heavy atom. The second kappa shape index (κ2) is 6.91. The van der Waals surface area contributed by atoms with Crippen LogP contribution in [-0.2, 0) is 10.5 Å². The molecule has 2 rings (SSSR count). The van der Waals surface area contributed by atoms with Crippen molar-refractivity contribution in [1.29, 1.82) is 0 Å². The van der Waals surface area contributed by atoms with Gasteiger partial charge in [0.2, 0.25) is 0 Å². The Morgan fingerprint density at radius 1 is 1.20 bits per heavy atom. The number of esters is 1. The first kappa shape index (κ1) is 14.3. The molecular weight excluding hydrogens is 276 g/mol. The van der Waals surface area contributed by atoms with Crippen molar-refractivity contribution < 1.29 is 14.3 Å².